The van der Waals surface area contributed by atoms with Crippen LogP contribution in [0, 0.1) is 17.0 Å². The van der Waals surface area contributed by atoms with Gasteiger partial charge in [-0.15, -0.1) is 0 Å². The van der Waals surface area contributed by atoms with Gasteiger partial charge in [0.05, 0.1) is 13.0 Å². The summed E-state index contributed by atoms with van der Waals surface area (Å²) in [5.41, 5.74) is 7.41. The number of carbonyl (C=O) groups excluding carboxylic acids is 1. The number of hydrogen-bond acceptors (Lipinski definition) is 5. The van der Waals surface area contributed by atoms with Crippen molar-refractivity contribution in [3.8, 4) is 0 Å². The summed E-state index contributed by atoms with van der Waals surface area (Å²) in [6.07, 6.45) is 0. The molecule has 98 valence electrons. The molecular weight excluding hydrogens is 236 g/mol. The molecule has 0 heterocycles. The first-order chi connectivity index (χ1) is 8.45. The predicted molar refractivity (Wildman–Crippen MR) is 65.8 cm³/mol. The van der Waals surface area contributed by atoms with E-state index in [4.69, 9.17) is 5.73 Å². The van der Waals surface area contributed by atoms with Gasteiger partial charge in [0.1, 0.15) is 6.04 Å². The second-order valence-corrected chi connectivity index (χ2v) is 4.08. The average Bonchev–Trinajstić information content (AvgIpc) is 2.35. The van der Waals surface area contributed by atoms with E-state index in [1.165, 1.54) is 7.11 Å². The van der Waals surface area contributed by atoms with Gasteiger partial charge in [-0.05, 0) is 12.5 Å². The number of rotatable bonds is 5. The Morgan fingerprint density at radius 2 is 2.00 bits per heavy atom. The maximum absolute atomic E-state index is 11.4. The van der Waals surface area contributed by atoms with Crippen LogP contribution in [0.3, 0.4) is 0 Å². The first-order valence-corrected chi connectivity index (χ1v) is 5.47. The first kappa shape index (κ1) is 14.1. The number of hydrogen-bond donors (Lipinski definition) is 1. The van der Waals surface area contributed by atoms with Gasteiger partial charge in [-0.2, -0.15) is 0 Å². The molecule has 0 radical (unpaired) electrons. The van der Waals surface area contributed by atoms with Crippen LogP contribution in [0.25, 0.3) is 0 Å². The van der Waals surface area contributed by atoms with Crippen LogP contribution in [0.2, 0.25) is 0 Å². The normalized spacial score (nSPS) is 13.7. The molecule has 2 atom stereocenters. The van der Waals surface area contributed by atoms with E-state index in [1.54, 1.807) is 12.1 Å². The lowest BCUT2D eigenvalue weighted by Crippen LogP contribution is -2.40. The molecule has 1 rings (SSSR count). The van der Waals surface area contributed by atoms with Crippen molar-refractivity contribution in [1.29, 1.82) is 0 Å². The molecule has 0 aliphatic heterocycles. The van der Waals surface area contributed by atoms with Crippen molar-refractivity contribution in [1.82, 2.24) is 0 Å². The molecule has 2 N–H and O–H groups in total. The Labute approximate surface area is 105 Å². The molecule has 0 aliphatic rings. The standard InChI is InChI=1S/C12H16N2O4/c1-8-3-5-9(6-4-8)10(7-14(16)17)11(13)12(15)18-2/h3-6,10-11H,7,13H2,1-2H3. The fourth-order valence-corrected chi connectivity index (χ4v) is 1.70. The fraction of sp³-hybridized carbons (Fsp3) is 0.417. The van der Waals surface area contributed by atoms with Gasteiger partial charge >= 0.3 is 5.97 Å². The molecule has 0 saturated heterocycles. The third kappa shape index (κ3) is 3.53. The third-order valence-electron chi connectivity index (χ3n) is 2.76. The van der Waals surface area contributed by atoms with Crippen LogP contribution in [-0.4, -0.2) is 30.6 Å². The van der Waals surface area contributed by atoms with E-state index in [9.17, 15) is 14.9 Å². The van der Waals surface area contributed by atoms with Crippen LogP contribution in [0.5, 0.6) is 0 Å². The highest BCUT2D eigenvalue weighted by molar-refractivity contribution is 5.76. The van der Waals surface area contributed by atoms with Gasteiger partial charge in [0.15, 0.2) is 0 Å². The number of aryl methyl sites for hydroxylation is 1. The highest BCUT2D eigenvalue weighted by Gasteiger charge is 2.30. The summed E-state index contributed by atoms with van der Waals surface area (Å²) in [7, 11) is 1.21. The molecule has 0 bridgehead atoms. The summed E-state index contributed by atoms with van der Waals surface area (Å²) in [6, 6.07) is 6.10. The minimum atomic E-state index is -1.04. The summed E-state index contributed by atoms with van der Waals surface area (Å²) >= 11 is 0. The van der Waals surface area contributed by atoms with Crippen molar-refractivity contribution in [2.24, 2.45) is 5.73 Å². The Morgan fingerprint density at radius 1 is 1.44 bits per heavy atom. The van der Waals surface area contributed by atoms with Crippen LogP contribution in [0.15, 0.2) is 24.3 Å². The lowest BCUT2D eigenvalue weighted by atomic mass is 9.91. The number of ether oxygens (including phenoxy) is 1. The second kappa shape index (κ2) is 6.11. The Hall–Kier alpha value is -1.95. The molecule has 0 spiro atoms. The summed E-state index contributed by atoms with van der Waals surface area (Å²) in [6.45, 7) is 1.51. The van der Waals surface area contributed by atoms with Crippen molar-refractivity contribution in [2.75, 3.05) is 13.7 Å². The van der Waals surface area contributed by atoms with E-state index in [-0.39, 0.29) is 0 Å². The largest absolute Gasteiger partial charge is 0.468 e. The quantitative estimate of drug-likeness (QED) is 0.476. The SMILES string of the molecule is COC(=O)C(N)C(C[N+](=O)[O-])c1ccc(C)cc1. The van der Waals surface area contributed by atoms with Gasteiger partial charge in [0.2, 0.25) is 6.54 Å². The second-order valence-electron chi connectivity index (χ2n) is 4.08. The van der Waals surface area contributed by atoms with E-state index in [1.807, 2.05) is 19.1 Å². The van der Waals surface area contributed by atoms with E-state index < -0.39 is 29.4 Å². The Kier molecular flexibility index (Phi) is 4.79. The summed E-state index contributed by atoms with van der Waals surface area (Å²) < 4.78 is 4.53. The lowest BCUT2D eigenvalue weighted by Gasteiger charge is -2.19. The molecule has 0 aromatic heterocycles. The number of benzene rings is 1. The molecule has 0 amide bonds. The molecule has 1 aromatic rings. The number of nitrogens with zero attached hydrogens (tertiary/aromatic N) is 1. The third-order valence-corrected chi connectivity index (χ3v) is 2.76. The van der Waals surface area contributed by atoms with Gasteiger partial charge in [-0.1, -0.05) is 29.8 Å². The molecule has 6 nitrogen and oxygen atoms in total. The van der Waals surface area contributed by atoms with Crippen LogP contribution < -0.4 is 5.73 Å². The molecule has 2 unspecified atom stereocenters. The Morgan fingerprint density at radius 3 is 2.44 bits per heavy atom. The number of esters is 1. The summed E-state index contributed by atoms with van der Waals surface area (Å²) in [4.78, 5) is 21.6. The molecule has 6 heteroatoms. The topological polar surface area (TPSA) is 95.5 Å². The van der Waals surface area contributed by atoms with E-state index in [2.05, 4.69) is 4.74 Å². The van der Waals surface area contributed by atoms with Crippen molar-refractivity contribution in [2.45, 2.75) is 18.9 Å². The number of carbonyl (C=O) groups is 1. The maximum Gasteiger partial charge on any atom is 0.323 e. The van der Waals surface area contributed by atoms with Crippen LogP contribution in [0.1, 0.15) is 17.0 Å². The van der Waals surface area contributed by atoms with Crippen molar-refractivity contribution in [3.05, 3.63) is 45.5 Å². The minimum absolute atomic E-state index is 0.403. The summed E-state index contributed by atoms with van der Waals surface area (Å²) in [5, 5.41) is 10.7. The fourth-order valence-electron chi connectivity index (χ4n) is 1.70. The van der Waals surface area contributed by atoms with Crippen LogP contribution >= 0.6 is 0 Å². The first-order valence-electron chi connectivity index (χ1n) is 5.47. The summed E-state index contributed by atoms with van der Waals surface area (Å²) in [5.74, 6) is -1.34. The molecule has 0 fully saturated rings. The smallest absolute Gasteiger partial charge is 0.323 e. The molecule has 0 saturated carbocycles. The molecular formula is C12H16N2O4. The zero-order chi connectivity index (χ0) is 13.7. The highest BCUT2D eigenvalue weighted by Crippen LogP contribution is 2.20. The Bertz CT molecular complexity index is 430. The van der Waals surface area contributed by atoms with E-state index in [0.717, 1.165) is 5.56 Å². The molecule has 1 aromatic carbocycles. The van der Waals surface area contributed by atoms with Crippen molar-refractivity contribution in [3.63, 3.8) is 0 Å². The van der Waals surface area contributed by atoms with Gasteiger partial charge < -0.3 is 10.5 Å². The number of methoxy groups -OCH3 is 1. The van der Waals surface area contributed by atoms with Crippen LogP contribution in [-0.2, 0) is 9.53 Å². The average molecular weight is 252 g/mol. The minimum Gasteiger partial charge on any atom is -0.468 e. The van der Waals surface area contributed by atoms with Crippen molar-refractivity contribution < 1.29 is 14.5 Å². The van der Waals surface area contributed by atoms with E-state index >= 15 is 0 Å². The van der Waals surface area contributed by atoms with Gasteiger partial charge in [-0.25, -0.2) is 0 Å². The van der Waals surface area contributed by atoms with Gasteiger partial charge in [0, 0.05) is 4.92 Å². The zero-order valence-electron chi connectivity index (χ0n) is 10.3. The number of nitro groups is 1. The van der Waals surface area contributed by atoms with Gasteiger partial charge in [-0.3, -0.25) is 14.9 Å². The predicted octanol–water partition coefficient (Wildman–Crippen LogP) is 0.856. The Balaban J connectivity index is 3.00. The highest BCUT2D eigenvalue weighted by atomic mass is 16.6. The number of nitrogens with two attached hydrogens (primary N) is 1. The van der Waals surface area contributed by atoms with E-state index in [0.29, 0.717) is 5.56 Å². The monoisotopic (exact) mass is 252 g/mol. The van der Waals surface area contributed by atoms with Crippen LogP contribution in [0.4, 0.5) is 0 Å². The van der Waals surface area contributed by atoms with Crippen molar-refractivity contribution >= 4 is 5.97 Å². The molecule has 0 aliphatic carbocycles. The van der Waals surface area contributed by atoms with Gasteiger partial charge in [0.25, 0.3) is 0 Å². The zero-order valence-corrected chi connectivity index (χ0v) is 10.3. The lowest BCUT2D eigenvalue weighted by molar-refractivity contribution is -0.483. The maximum atomic E-state index is 11.4. The molecule has 18 heavy (non-hydrogen) atoms.